The van der Waals surface area contributed by atoms with Gasteiger partial charge in [0.2, 0.25) is 0 Å². The number of ether oxygens (including phenoxy) is 1. The Morgan fingerprint density at radius 2 is 1.90 bits per heavy atom. The molecule has 1 atom stereocenters. The van der Waals surface area contributed by atoms with E-state index < -0.39 is 18.0 Å². The molecule has 0 spiro atoms. The van der Waals surface area contributed by atoms with Crippen molar-refractivity contribution >= 4 is 12.0 Å². The number of amides is 2. The number of nitrogens with one attached hydrogen (secondary N) is 1. The lowest BCUT2D eigenvalue weighted by atomic mass is 10.1. The first kappa shape index (κ1) is 17.0. The molecule has 2 N–H and O–H groups in total. The van der Waals surface area contributed by atoms with Crippen molar-refractivity contribution in [3.8, 4) is 0 Å². The summed E-state index contributed by atoms with van der Waals surface area (Å²) in [4.78, 5) is 25.2. The van der Waals surface area contributed by atoms with Crippen LogP contribution in [0, 0.1) is 0 Å². The highest BCUT2D eigenvalue weighted by Gasteiger charge is 2.25. The molecule has 0 unspecified atom stereocenters. The standard InChI is InChI=1S/C15H22N2O4/c1-11(2)17(9-10-21-3)15(20)16-13(14(18)19)12-7-5-4-6-8-12/h4-8,11,13H,9-10H2,1-3H3,(H,16,20)(H,18,19)/t13-/m0/s1. The Labute approximate surface area is 124 Å². The molecular weight excluding hydrogens is 272 g/mol. The maximum atomic E-state index is 12.3. The second kappa shape index (κ2) is 8.26. The van der Waals surface area contributed by atoms with Crippen LogP contribution < -0.4 is 5.32 Å². The summed E-state index contributed by atoms with van der Waals surface area (Å²) in [5.41, 5.74) is 0.536. The number of carboxylic acid groups (broad SMARTS) is 1. The number of benzene rings is 1. The van der Waals surface area contributed by atoms with Crippen LogP contribution in [0.1, 0.15) is 25.5 Å². The molecule has 0 fully saturated rings. The summed E-state index contributed by atoms with van der Waals surface area (Å²) in [6.07, 6.45) is 0. The van der Waals surface area contributed by atoms with E-state index in [1.807, 2.05) is 13.8 Å². The number of hydrogen-bond acceptors (Lipinski definition) is 3. The fourth-order valence-corrected chi connectivity index (χ4v) is 1.92. The molecule has 0 aliphatic carbocycles. The first-order chi connectivity index (χ1) is 9.97. The molecule has 0 aliphatic rings. The van der Waals surface area contributed by atoms with Crippen LogP contribution >= 0.6 is 0 Å². The number of carbonyl (C=O) groups is 2. The zero-order valence-corrected chi connectivity index (χ0v) is 12.6. The van der Waals surface area contributed by atoms with Crippen molar-refractivity contribution in [2.75, 3.05) is 20.3 Å². The van der Waals surface area contributed by atoms with Crippen LogP contribution in [-0.4, -0.2) is 48.3 Å². The minimum atomic E-state index is -1.09. The highest BCUT2D eigenvalue weighted by atomic mass is 16.5. The van der Waals surface area contributed by atoms with Gasteiger partial charge in [0, 0.05) is 19.7 Å². The monoisotopic (exact) mass is 294 g/mol. The second-order valence-corrected chi connectivity index (χ2v) is 4.91. The topological polar surface area (TPSA) is 78.9 Å². The van der Waals surface area contributed by atoms with E-state index >= 15 is 0 Å². The molecule has 1 aromatic rings. The normalized spacial score (nSPS) is 12.0. The minimum Gasteiger partial charge on any atom is -0.479 e. The molecule has 0 heterocycles. The van der Waals surface area contributed by atoms with Crippen LogP contribution in [0.15, 0.2) is 30.3 Å². The molecule has 0 saturated heterocycles. The summed E-state index contributed by atoms with van der Waals surface area (Å²) in [6.45, 7) is 4.54. The van der Waals surface area contributed by atoms with Gasteiger partial charge in [-0.2, -0.15) is 0 Å². The summed E-state index contributed by atoms with van der Waals surface area (Å²) in [5, 5.41) is 11.9. The largest absolute Gasteiger partial charge is 0.479 e. The molecule has 1 aromatic carbocycles. The van der Waals surface area contributed by atoms with Gasteiger partial charge in [-0.1, -0.05) is 30.3 Å². The Morgan fingerprint density at radius 1 is 1.29 bits per heavy atom. The lowest BCUT2D eigenvalue weighted by Crippen LogP contribution is -2.48. The molecule has 0 bridgehead atoms. The molecule has 1 rings (SSSR count). The summed E-state index contributed by atoms with van der Waals surface area (Å²) < 4.78 is 4.97. The van der Waals surface area contributed by atoms with Gasteiger partial charge in [0.25, 0.3) is 0 Å². The van der Waals surface area contributed by atoms with E-state index in [2.05, 4.69) is 5.32 Å². The Balaban J connectivity index is 2.83. The second-order valence-electron chi connectivity index (χ2n) is 4.91. The SMILES string of the molecule is COCCN(C(=O)N[C@H](C(=O)O)c1ccccc1)C(C)C. The Kier molecular flexibility index (Phi) is 6.68. The van der Waals surface area contributed by atoms with Crippen molar-refractivity contribution in [3.63, 3.8) is 0 Å². The lowest BCUT2D eigenvalue weighted by Gasteiger charge is -2.28. The zero-order valence-electron chi connectivity index (χ0n) is 12.6. The Bertz CT molecular complexity index is 462. The van der Waals surface area contributed by atoms with Gasteiger partial charge >= 0.3 is 12.0 Å². The predicted molar refractivity (Wildman–Crippen MR) is 79.1 cm³/mol. The molecule has 0 radical (unpaired) electrons. The van der Waals surface area contributed by atoms with Crippen molar-refractivity contribution in [2.45, 2.75) is 25.9 Å². The van der Waals surface area contributed by atoms with Crippen molar-refractivity contribution in [1.82, 2.24) is 10.2 Å². The third-order valence-electron chi connectivity index (χ3n) is 3.07. The van der Waals surface area contributed by atoms with Crippen molar-refractivity contribution in [2.24, 2.45) is 0 Å². The molecule has 21 heavy (non-hydrogen) atoms. The number of aliphatic carboxylic acids is 1. The summed E-state index contributed by atoms with van der Waals surface area (Å²) in [7, 11) is 1.56. The van der Waals surface area contributed by atoms with E-state index in [9.17, 15) is 14.7 Å². The van der Waals surface area contributed by atoms with Crippen LogP contribution in [0.5, 0.6) is 0 Å². The van der Waals surface area contributed by atoms with Gasteiger partial charge in [-0.25, -0.2) is 9.59 Å². The van der Waals surface area contributed by atoms with Gasteiger partial charge < -0.3 is 20.1 Å². The number of rotatable bonds is 7. The third kappa shape index (κ3) is 5.07. The number of carbonyl (C=O) groups excluding carboxylic acids is 1. The van der Waals surface area contributed by atoms with E-state index in [0.29, 0.717) is 18.7 Å². The van der Waals surface area contributed by atoms with E-state index in [-0.39, 0.29) is 6.04 Å². The van der Waals surface area contributed by atoms with Crippen molar-refractivity contribution in [1.29, 1.82) is 0 Å². The summed E-state index contributed by atoms with van der Waals surface area (Å²) in [6, 6.07) is 7.09. The molecule has 116 valence electrons. The molecule has 2 amide bonds. The van der Waals surface area contributed by atoms with Gasteiger partial charge in [0.15, 0.2) is 6.04 Å². The van der Waals surface area contributed by atoms with Gasteiger partial charge in [0.1, 0.15) is 0 Å². The zero-order chi connectivity index (χ0) is 15.8. The predicted octanol–water partition coefficient (Wildman–Crippen LogP) is 1.88. The first-order valence-corrected chi connectivity index (χ1v) is 6.81. The van der Waals surface area contributed by atoms with Crippen molar-refractivity contribution in [3.05, 3.63) is 35.9 Å². The molecule has 6 heteroatoms. The van der Waals surface area contributed by atoms with Gasteiger partial charge in [-0.3, -0.25) is 0 Å². The van der Waals surface area contributed by atoms with Crippen LogP contribution in [0.2, 0.25) is 0 Å². The maximum Gasteiger partial charge on any atom is 0.330 e. The number of methoxy groups -OCH3 is 1. The lowest BCUT2D eigenvalue weighted by molar-refractivity contribution is -0.139. The van der Waals surface area contributed by atoms with E-state index in [1.54, 1.807) is 42.3 Å². The van der Waals surface area contributed by atoms with Crippen LogP contribution in [-0.2, 0) is 9.53 Å². The Morgan fingerprint density at radius 3 is 2.38 bits per heavy atom. The number of urea groups is 1. The smallest absolute Gasteiger partial charge is 0.330 e. The van der Waals surface area contributed by atoms with Crippen LogP contribution in [0.4, 0.5) is 4.79 Å². The third-order valence-corrected chi connectivity index (χ3v) is 3.07. The molecule has 0 aliphatic heterocycles. The molecule has 6 nitrogen and oxygen atoms in total. The molecular formula is C15H22N2O4. The van der Waals surface area contributed by atoms with E-state index in [4.69, 9.17) is 4.74 Å². The average molecular weight is 294 g/mol. The van der Waals surface area contributed by atoms with Gasteiger partial charge in [-0.15, -0.1) is 0 Å². The average Bonchev–Trinajstić information content (AvgIpc) is 2.45. The fraction of sp³-hybridized carbons (Fsp3) is 0.467. The number of hydrogen-bond donors (Lipinski definition) is 2. The van der Waals surface area contributed by atoms with Gasteiger partial charge in [-0.05, 0) is 19.4 Å². The molecule has 0 aromatic heterocycles. The van der Waals surface area contributed by atoms with Crippen LogP contribution in [0.25, 0.3) is 0 Å². The van der Waals surface area contributed by atoms with E-state index in [0.717, 1.165) is 0 Å². The fourth-order valence-electron chi connectivity index (χ4n) is 1.92. The highest BCUT2D eigenvalue weighted by molar-refractivity contribution is 5.83. The Hall–Kier alpha value is -2.08. The van der Waals surface area contributed by atoms with Crippen molar-refractivity contribution < 1.29 is 19.4 Å². The maximum absolute atomic E-state index is 12.3. The van der Waals surface area contributed by atoms with Crippen LogP contribution in [0.3, 0.4) is 0 Å². The summed E-state index contributed by atoms with van der Waals surface area (Å²) >= 11 is 0. The number of nitrogens with zero attached hydrogens (tertiary/aromatic N) is 1. The number of carboxylic acids is 1. The van der Waals surface area contributed by atoms with E-state index in [1.165, 1.54) is 0 Å². The highest BCUT2D eigenvalue weighted by Crippen LogP contribution is 2.13. The van der Waals surface area contributed by atoms with Gasteiger partial charge in [0.05, 0.1) is 6.61 Å². The minimum absolute atomic E-state index is 0.0506. The summed E-state index contributed by atoms with van der Waals surface area (Å²) in [5.74, 6) is -1.09. The molecule has 0 saturated carbocycles. The quantitative estimate of drug-likeness (QED) is 0.804. The first-order valence-electron chi connectivity index (χ1n) is 6.81.